The second-order valence-electron chi connectivity index (χ2n) is 9.41. The molecule has 1 spiro atoms. The average Bonchev–Trinajstić information content (AvgIpc) is 2.91. The Morgan fingerprint density at radius 3 is 1.73 bits per heavy atom. The standard InChI is InChI=1S/C17H27IN2O4P2/c1-14(2)10(21)9-26(11(22)15(14,3)4)12(23)19(13(26)24)18-25-20-16(5,6)17(20,7)8/h25H,9H2,1-8H3. The summed E-state index contributed by atoms with van der Waals surface area (Å²) in [7, 11) is -3.18. The molecule has 0 N–H and O–H groups in total. The topological polar surface area (TPSA) is 74.5 Å². The van der Waals surface area contributed by atoms with Gasteiger partial charge in [-0.05, 0) is 0 Å². The normalized spacial score (nSPS) is 31.2. The monoisotopic (exact) mass is 512 g/mol. The predicted octanol–water partition coefficient (Wildman–Crippen LogP) is 1.11. The summed E-state index contributed by atoms with van der Waals surface area (Å²) >= 11 is -0.819. The van der Waals surface area contributed by atoms with Crippen LogP contribution in [0.1, 0.15) is 55.4 Å². The fourth-order valence-electron chi connectivity index (χ4n) is 3.58. The Bertz CT molecular complexity index is 730. The molecule has 9 heteroatoms. The fraction of sp³-hybridized carbons (Fsp3) is 0.765. The molecule has 1 atom stereocenters. The Morgan fingerprint density at radius 2 is 1.31 bits per heavy atom. The van der Waals surface area contributed by atoms with Gasteiger partial charge in [-0.15, -0.1) is 0 Å². The number of ketones is 1. The summed E-state index contributed by atoms with van der Waals surface area (Å²) in [6.45, 7) is 15.5. The van der Waals surface area contributed by atoms with Crippen molar-refractivity contribution in [2.45, 2.75) is 66.5 Å². The van der Waals surface area contributed by atoms with Gasteiger partial charge < -0.3 is 0 Å². The maximum absolute atomic E-state index is 13.2. The van der Waals surface area contributed by atoms with Gasteiger partial charge in [-0.3, -0.25) is 0 Å². The Morgan fingerprint density at radius 1 is 0.846 bits per heavy atom. The zero-order valence-corrected chi connectivity index (χ0v) is 20.6. The summed E-state index contributed by atoms with van der Waals surface area (Å²) in [6, 6.07) is 0. The molecule has 3 heterocycles. The molecule has 0 radical (unpaired) electrons. The molecule has 3 saturated heterocycles. The summed E-state index contributed by atoms with van der Waals surface area (Å²) in [5.41, 5.74) is -2.64. The number of carbonyl (C=O) groups is 4. The molecular formula is C17H27IN2O4P2. The number of hydrogen-bond acceptors (Lipinski definition) is 5. The summed E-state index contributed by atoms with van der Waals surface area (Å²) in [4.78, 5) is 51.8. The van der Waals surface area contributed by atoms with Crippen molar-refractivity contribution in [3.8, 4) is 0 Å². The minimum atomic E-state index is -3.18. The van der Waals surface area contributed by atoms with Crippen LogP contribution < -0.4 is 20.9 Å². The van der Waals surface area contributed by atoms with E-state index in [1.54, 1.807) is 27.7 Å². The van der Waals surface area contributed by atoms with Crippen molar-refractivity contribution in [1.29, 1.82) is 0 Å². The third-order valence-corrected chi connectivity index (χ3v) is 17.7. The summed E-state index contributed by atoms with van der Waals surface area (Å²) < 4.78 is 3.65. The minimum absolute atomic E-state index is 0.0671. The molecule has 0 aromatic rings. The van der Waals surface area contributed by atoms with Crippen molar-refractivity contribution in [2.75, 3.05) is 6.16 Å². The summed E-state index contributed by atoms with van der Waals surface area (Å²) in [5, 5.41) is 0. The first-order valence-corrected chi connectivity index (χ1v) is 15.6. The van der Waals surface area contributed by atoms with E-state index in [1.807, 2.05) is 0 Å². The Balaban J connectivity index is 1.79. The molecule has 0 bridgehead atoms. The van der Waals surface area contributed by atoms with E-state index in [-0.39, 0.29) is 39.8 Å². The van der Waals surface area contributed by atoms with Crippen LogP contribution in [0.3, 0.4) is 0 Å². The van der Waals surface area contributed by atoms with Crippen LogP contribution in [0.2, 0.25) is 0 Å². The molecule has 1 unspecified atom stereocenters. The molecule has 0 aromatic carbocycles. The van der Waals surface area contributed by atoms with Crippen molar-refractivity contribution in [3.05, 3.63) is 0 Å². The second kappa shape index (κ2) is 5.55. The molecule has 6 nitrogen and oxygen atoms in total. The van der Waals surface area contributed by atoms with E-state index in [2.05, 4.69) is 32.4 Å². The van der Waals surface area contributed by atoms with Crippen LogP contribution in [-0.4, -0.2) is 47.6 Å². The predicted molar refractivity (Wildman–Crippen MR) is 100 cm³/mol. The Hall–Kier alpha value is 0.0300. The van der Waals surface area contributed by atoms with Gasteiger partial charge in [0.15, 0.2) is 0 Å². The van der Waals surface area contributed by atoms with E-state index in [9.17, 15) is 19.2 Å². The number of carbonyl (C=O) groups excluding carboxylic acids is 4. The number of hydrogen-bond donors (Lipinski definition) is 0. The van der Waals surface area contributed by atoms with Crippen molar-refractivity contribution in [2.24, 2.45) is 10.8 Å². The molecule has 26 heavy (non-hydrogen) atoms. The quantitative estimate of drug-likeness (QED) is 0.245. The molecular weight excluding hydrogens is 485 g/mol. The van der Waals surface area contributed by atoms with Crippen LogP contribution in [0.5, 0.6) is 0 Å². The van der Waals surface area contributed by atoms with Gasteiger partial charge in [0.25, 0.3) is 0 Å². The van der Waals surface area contributed by atoms with Crippen LogP contribution in [0.15, 0.2) is 0 Å². The Labute approximate surface area is 167 Å². The van der Waals surface area contributed by atoms with Crippen LogP contribution in [0.25, 0.3) is 0 Å². The van der Waals surface area contributed by atoms with Crippen molar-refractivity contribution < 1.29 is 40.1 Å². The molecule has 0 aliphatic carbocycles. The average molecular weight is 512 g/mol. The zero-order valence-electron chi connectivity index (χ0n) is 16.6. The summed E-state index contributed by atoms with van der Waals surface area (Å²) in [6.07, 6.45) is 0.258. The van der Waals surface area contributed by atoms with Gasteiger partial charge in [0.1, 0.15) is 0 Å². The molecule has 3 aliphatic rings. The van der Waals surface area contributed by atoms with Crippen LogP contribution in [-0.2, 0) is 9.59 Å². The maximum atomic E-state index is 13.2. The van der Waals surface area contributed by atoms with Gasteiger partial charge in [-0.25, -0.2) is 0 Å². The zero-order chi connectivity index (χ0) is 20.1. The molecule has 0 saturated carbocycles. The van der Waals surface area contributed by atoms with Gasteiger partial charge in [-0.1, -0.05) is 0 Å². The Kier molecular flexibility index (Phi) is 4.43. The number of imide groups is 1. The second-order valence-corrected chi connectivity index (χ2v) is 17.2. The van der Waals surface area contributed by atoms with E-state index >= 15 is 0 Å². The van der Waals surface area contributed by atoms with Gasteiger partial charge in [0, 0.05) is 0 Å². The van der Waals surface area contributed by atoms with E-state index in [4.69, 9.17) is 0 Å². The number of Topliss-reactive ketones (excluding diaryl/α,β-unsaturated/α-hetero) is 1. The molecule has 3 aliphatic heterocycles. The van der Waals surface area contributed by atoms with Gasteiger partial charge >= 0.3 is 168 Å². The van der Waals surface area contributed by atoms with Crippen molar-refractivity contribution in [1.82, 2.24) is 7.78 Å². The third kappa shape index (κ3) is 2.20. The van der Waals surface area contributed by atoms with Crippen LogP contribution >= 0.6 is 13.6 Å². The van der Waals surface area contributed by atoms with E-state index in [1.165, 1.54) is 3.11 Å². The first kappa shape index (κ1) is 20.8. The molecule has 146 valence electrons. The van der Waals surface area contributed by atoms with Gasteiger partial charge in [-0.2, -0.15) is 0 Å². The van der Waals surface area contributed by atoms with E-state index < -0.39 is 39.0 Å². The number of nitrogens with zero attached hydrogens (tertiary/aromatic N) is 2. The van der Waals surface area contributed by atoms with Crippen molar-refractivity contribution >= 4 is 36.2 Å². The molecule has 0 aromatic heterocycles. The number of amides is 2. The number of halogens is 1. The first-order valence-electron chi connectivity index (χ1n) is 8.63. The fourth-order valence-corrected chi connectivity index (χ4v) is 18.3. The molecule has 2 amide bonds. The third-order valence-electron chi connectivity index (χ3n) is 7.28. The number of rotatable bonds is 3. The summed E-state index contributed by atoms with van der Waals surface area (Å²) in [5.74, 6) is -0.134. The van der Waals surface area contributed by atoms with E-state index in [0.717, 1.165) is 0 Å². The van der Waals surface area contributed by atoms with E-state index in [0.29, 0.717) is 6.37 Å². The molecule has 3 fully saturated rings. The molecule has 3 rings (SSSR count). The van der Waals surface area contributed by atoms with Crippen LogP contribution in [0, 0.1) is 10.8 Å². The SMILES string of the molecule is CC1(C)C(=O)C[P+]2(C(=O)N([I-]PN3C(C)(C)C3(C)C)C2=O)C(=O)C1(C)C. The van der Waals surface area contributed by atoms with Gasteiger partial charge in [0.05, 0.1) is 0 Å². The first-order chi connectivity index (χ1) is 11.6. The van der Waals surface area contributed by atoms with Crippen molar-refractivity contribution in [3.63, 3.8) is 0 Å². The van der Waals surface area contributed by atoms with Crippen LogP contribution in [0.4, 0.5) is 9.59 Å². The van der Waals surface area contributed by atoms with Gasteiger partial charge in [0.2, 0.25) is 0 Å².